The van der Waals surface area contributed by atoms with E-state index in [1.807, 2.05) is 23.6 Å². The van der Waals surface area contributed by atoms with Gasteiger partial charge in [0.2, 0.25) is 6.79 Å². The Kier molecular flexibility index (Phi) is 4.83. The predicted molar refractivity (Wildman–Crippen MR) is 122 cm³/mol. The lowest BCUT2D eigenvalue weighted by atomic mass is 9.95. The highest BCUT2D eigenvalue weighted by Gasteiger charge is 2.26. The Morgan fingerprint density at radius 1 is 1.06 bits per heavy atom. The van der Waals surface area contributed by atoms with Gasteiger partial charge >= 0.3 is 0 Å². The fourth-order valence-corrected chi connectivity index (χ4v) is 4.97. The summed E-state index contributed by atoms with van der Waals surface area (Å²) in [6.07, 6.45) is 3.67. The van der Waals surface area contributed by atoms with Crippen molar-refractivity contribution in [1.29, 1.82) is 0 Å². The summed E-state index contributed by atoms with van der Waals surface area (Å²) in [4.78, 5) is 17.7. The molecule has 166 valence electrons. The molecule has 0 fully saturated rings. The maximum atomic E-state index is 13.4. The van der Waals surface area contributed by atoms with Crippen LogP contribution in [-0.4, -0.2) is 27.5 Å². The van der Waals surface area contributed by atoms with Crippen LogP contribution in [0, 0.1) is 5.82 Å². The van der Waals surface area contributed by atoms with Crippen LogP contribution in [0.1, 0.15) is 34.6 Å². The van der Waals surface area contributed by atoms with Crippen LogP contribution in [-0.2, 0) is 12.8 Å². The Labute approximate surface area is 192 Å². The molecular weight excluding hydrogens is 443 g/mol. The van der Waals surface area contributed by atoms with Crippen LogP contribution < -0.4 is 14.8 Å². The molecule has 1 aliphatic carbocycles. The van der Waals surface area contributed by atoms with Gasteiger partial charge < -0.3 is 9.47 Å². The van der Waals surface area contributed by atoms with Gasteiger partial charge in [-0.1, -0.05) is 0 Å². The minimum atomic E-state index is -0.306. The first-order chi connectivity index (χ1) is 16.2. The zero-order valence-electron chi connectivity index (χ0n) is 17.5. The van der Waals surface area contributed by atoms with Gasteiger partial charge in [0.25, 0.3) is 5.91 Å². The summed E-state index contributed by atoms with van der Waals surface area (Å²) in [6.45, 7) is 0.214. The number of amides is 1. The second-order valence-electron chi connectivity index (χ2n) is 7.93. The van der Waals surface area contributed by atoms with Crippen molar-refractivity contribution >= 4 is 22.4 Å². The molecule has 0 atom stereocenters. The Balaban J connectivity index is 1.28. The zero-order valence-corrected chi connectivity index (χ0v) is 18.3. The van der Waals surface area contributed by atoms with Crippen LogP contribution in [0.5, 0.6) is 11.5 Å². The van der Waals surface area contributed by atoms with E-state index in [0.717, 1.165) is 53.9 Å². The van der Waals surface area contributed by atoms with Crippen molar-refractivity contribution < 1.29 is 18.7 Å². The Morgan fingerprint density at radius 2 is 1.88 bits per heavy atom. The fourth-order valence-electron chi connectivity index (χ4n) is 4.25. The predicted octanol–water partition coefficient (Wildman–Crippen LogP) is 4.99. The highest BCUT2D eigenvalue weighted by Crippen LogP contribution is 2.36. The second kappa shape index (κ2) is 8.00. The normalized spacial score (nSPS) is 14.2. The number of ether oxygens (including phenoxy) is 2. The highest BCUT2D eigenvalue weighted by molar-refractivity contribution is 7.14. The van der Waals surface area contributed by atoms with E-state index < -0.39 is 0 Å². The van der Waals surface area contributed by atoms with Gasteiger partial charge in [0, 0.05) is 22.2 Å². The van der Waals surface area contributed by atoms with E-state index in [9.17, 15) is 9.18 Å². The number of hydrogen-bond donors (Lipinski definition) is 1. The first-order valence-electron chi connectivity index (χ1n) is 10.7. The smallest absolute Gasteiger partial charge is 0.278 e. The number of rotatable bonds is 4. The molecule has 0 unspecified atom stereocenters. The van der Waals surface area contributed by atoms with Crippen molar-refractivity contribution in [3.8, 4) is 28.4 Å². The van der Waals surface area contributed by atoms with E-state index in [1.54, 1.807) is 16.8 Å². The largest absolute Gasteiger partial charge is 0.454 e. The summed E-state index contributed by atoms with van der Waals surface area (Å²) in [5.74, 6) is 0.799. The number of anilines is 1. The van der Waals surface area contributed by atoms with Gasteiger partial charge in [0.1, 0.15) is 5.82 Å². The molecule has 2 aliphatic rings. The number of nitrogens with one attached hydrogen (secondary N) is 1. The molecule has 3 heterocycles. The van der Waals surface area contributed by atoms with Crippen LogP contribution in [0.2, 0.25) is 0 Å². The zero-order chi connectivity index (χ0) is 22.4. The third-order valence-electron chi connectivity index (χ3n) is 5.86. The molecule has 0 radical (unpaired) electrons. The highest BCUT2D eigenvalue weighted by atomic mass is 32.1. The number of carbonyl (C=O) groups excluding carboxylic acids is 1. The van der Waals surface area contributed by atoms with Gasteiger partial charge in [-0.25, -0.2) is 14.1 Å². The Morgan fingerprint density at radius 3 is 2.76 bits per heavy atom. The standard InChI is InChI=1S/C24H19FN4O3S/c25-15-6-8-16(9-7-15)29-19-4-2-1-3-17(19)22(28-29)23(30)27-24-26-18(12-33-24)14-5-10-20-21(11-14)32-13-31-20/h5-12H,1-4,13H2,(H,26,27,30). The molecule has 1 amide bonds. The molecule has 2 aromatic heterocycles. The lowest BCUT2D eigenvalue weighted by Crippen LogP contribution is -2.15. The number of thiazole rings is 1. The monoisotopic (exact) mass is 462 g/mol. The summed E-state index contributed by atoms with van der Waals surface area (Å²) in [6, 6.07) is 11.8. The van der Waals surface area contributed by atoms with Crippen molar-refractivity contribution in [2.24, 2.45) is 0 Å². The SMILES string of the molecule is O=C(Nc1nc(-c2ccc3c(c2)OCO3)cs1)c1nn(-c2ccc(F)cc2)c2c1CCCC2. The number of halogens is 1. The first kappa shape index (κ1) is 19.9. The molecule has 4 aromatic rings. The van der Waals surface area contributed by atoms with Gasteiger partial charge in [0.05, 0.1) is 11.4 Å². The minimum absolute atomic E-state index is 0.214. The van der Waals surface area contributed by atoms with E-state index in [1.165, 1.54) is 23.5 Å². The Bertz CT molecular complexity index is 1360. The first-order valence-corrected chi connectivity index (χ1v) is 11.6. The molecule has 1 N–H and O–H groups in total. The van der Waals surface area contributed by atoms with Crippen LogP contribution in [0.4, 0.5) is 9.52 Å². The number of aromatic nitrogens is 3. The topological polar surface area (TPSA) is 78.3 Å². The van der Waals surface area contributed by atoms with E-state index in [2.05, 4.69) is 15.4 Å². The molecule has 0 saturated heterocycles. The average Bonchev–Trinajstić information content (AvgIpc) is 3.57. The van der Waals surface area contributed by atoms with Gasteiger partial charge in [0.15, 0.2) is 22.3 Å². The molecule has 0 saturated carbocycles. The maximum Gasteiger partial charge on any atom is 0.278 e. The van der Waals surface area contributed by atoms with Crippen LogP contribution in [0.3, 0.4) is 0 Å². The minimum Gasteiger partial charge on any atom is -0.454 e. The number of hydrogen-bond acceptors (Lipinski definition) is 6. The summed E-state index contributed by atoms with van der Waals surface area (Å²) >= 11 is 1.35. The van der Waals surface area contributed by atoms with Gasteiger partial charge in [-0.3, -0.25) is 10.1 Å². The van der Waals surface area contributed by atoms with Crippen LogP contribution in [0.15, 0.2) is 47.8 Å². The molecule has 0 spiro atoms. The van der Waals surface area contributed by atoms with E-state index in [0.29, 0.717) is 22.3 Å². The fraction of sp³-hybridized carbons (Fsp3) is 0.208. The number of fused-ring (bicyclic) bond motifs is 2. The molecule has 33 heavy (non-hydrogen) atoms. The van der Waals surface area contributed by atoms with Gasteiger partial charge in [-0.05, 0) is 68.1 Å². The summed E-state index contributed by atoms with van der Waals surface area (Å²) in [5, 5.41) is 9.90. The quantitative estimate of drug-likeness (QED) is 0.462. The third-order valence-corrected chi connectivity index (χ3v) is 6.62. The molecule has 1 aliphatic heterocycles. The van der Waals surface area contributed by atoms with E-state index in [-0.39, 0.29) is 18.5 Å². The van der Waals surface area contributed by atoms with Crippen LogP contribution >= 0.6 is 11.3 Å². The number of nitrogens with zero attached hydrogens (tertiary/aromatic N) is 3. The molecular formula is C24H19FN4O3S. The summed E-state index contributed by atoms with van der Waals surface area (Å²) in [7, 11) is 0. The maximum absolute atomic E-state index is 13.4. The van der Waals surface area contributed by atoms with Crippen molar-refractivity contribution in [1.82, 2.24) is 14.8 Å². The lowest BCUT2D eigenvalue weighted by Gasteiger charge is -2.14. The molecule has 0 bridgehead atoms. The van der Waals surface area contributed by atoms with E-state index in [4.69, 9.17) is 9.47 Å². The van der Waals surface area contributed by atoms with Gasteiger partial charge in [-0.2, -0.15) is 5.10 Å². The van der Waals surface area contributed by atoms with Crippen molar-refractivity contribution in [3.05, 3.63) is 70.6 Å². The van der Waals surface area contributed by atoms with E-state index >= 15 is 0 Å². The average molecular weight is 463 g/mol. The number of carbonyl (C=O) groups is 1. The van der Waals surface area contributed by atoms with Gasteiger partial charge in [-0.15, -0.1) is 11.3 Å². The second-order valence-corrected chi connectivity index (χ2v) is 8.79. The Hall–Kier alpha value is -3.72. The summed E-state index contributed by atoms with van der Waals surface area (Å²) < 4.78 is 26.0. The molecule has 9 heteroatoms. The summed E-state index contributed by atoms with van der Waals surface area (Å²) in [5.41, 5.74) is 4.73. The molecule has 2 aromatic carbocycles. The van der Waals surface area contributed by atoms with Crippen LogP contribution in [0.25, 0.3) is 16.9 Å². The lowest BCUT2D eigenvalue weighted by molar-refractivity contribution is 0.102. The van der Waals surface area contributed by atoms with Crippen molar-refractivity contribution in [2.75, 3.05) is 12.1 Å². The molecule has 7 nitrogen and oxygen atoms in total. The van der Waals surface area contributed by atoms with Crippen molar-refractivity contribution in [2.45, 2.75) is 25.7 Å². The third kappa shape index (κ3) is 3.64. The number of benzene rings is 2. The molecule has 6 rings (SSSR count). The van der Waals surface area contributed by atoms with Crippen molar-refractivity contribution in [3.63, 3.8) is 0 Å².